The van der Waals surface area contributed by atoms with Gasteiger partial charge in [-0.3, -0.25) is 15.2 Å². The average Bonchev–Trinajstić information content (AvgIpc) is 2.82. The average molecular weight is 430 g/mol. The van der Waals surface area contributed by atoms with Crippen LogP contribution in [0.4, 0.5) is 10.5 Å². The maximum Gasteiger partial charge on any atom is 0.337 e. The van der Waals surface area contributed by atoms with Crippen LogP contribution in [0.1, 0.15) is 15.9 Å². The molecular formula is C23H19N5O2S. The second-order valence-electron chi connectivity index (χ2n) is 6.53. The number of nitrogens with one attached hydrogen (secondary N) is 3. The lowest BCUT2D eigenvalue weighted by molar-refractivity contribution is 0.0934. The largest absolute Gasteiger partial charge is 0.337 e. The predicted molar refractivity (Wildman–Crippen MR) is 122 cm³/mol. The van der Waals surface area contributed by atoms with Gasteiger partial charge in [-0.1, -0.05) is 36.4 Å². The molecule has 0 atom stereocenters. The Bertz CT molecular complexity index is 1210. The second-order valence-corrected chi connectivity index (χ2v) is 7.50. The van der Waals surface area contributed by atoms with Crippen LogP contribution < -0.4 is 16.2 Å². The van der Waals surface area contributed by atoms with Crippen LogP contribution in [0.25, 0.3) is 10.9 Å². The Morgan fingerprint density at radius 1 is 0.806 bits per heavy atom. The normalized spacial score (nSPS) is 10.5. The van der Waals surface area contributed by atoms with E-state index < -0.39 is 11.9 Å². The molecule has 0 fully saturated rings. The number of amides is 3. The summed E-state index contributed by atoms with van der Waals surface area (Å²) in [6.07, 6.45) is 3.42. The van der Waals surface area contributed by atoms with Gasteiger partial charge < -0.3 is 5.32 Å². The van der Waals surface area contributed by atoms with E-state index in [9.17, 15) is 9.59 Å². The number of hydrazine groups is 1. The number of aromatic nitrogens is 2. The van der Waals surface area contributed by atoms with Crippen molar-refractivity contribution in [2.45, 2.75) is 10.8 Å². The lowest BCUT2D eigenvalue weighted by Gasteiger charge is -2.11. The van der Waals surface area contributed by atoms with Crippen molar-refractivity contribution < 1.29 is 9.59 Å². The van der Waals surface area contributed by atoms with E-state index >= 15 is 0 Å². The molecule has 8 heteroatoms. The Morgan fingerprint density at radius 3 is 2.48 bits per heavy atom. The first-order chi connectivity index (χ1) is 15.2. The molecule has 2 aromatic carbocycles. The molecule has 0 bridgehead atoms. The number of para-hydroxylation sites is 2. The fourth-order valence-electron chi connectivity index (χ4n) is 2.97. The standard InChI is InChI=1S/C23H19N5O2S/c29-21(27-28-23(30)26-17-7-2-1-3-8-17)19-10-6-13-25-22(19)31-15-16-12-14-24-20-11-5-4-9-18(16)20/h1-14H,15H2,(H,27,29)(H2,26,28,30). The number of hydrogen-bond acceptors (Lipinski definition) is 5. The Labute approximate surface area is 183 Å². The van der Waals surface area contributed by atoms with Crippen molar-refractivity contribution in [3.8, 4) is 0 Å². The van der Waals surface area contributed by atoms with E-state index in [-0.39, 0.29) is 0 Å². The van der Waals surface area contributed by atoms with Crippen molar-refractivity contribution in [3.05, 3.63) is 96.3 Å². The van der Waals surface area contributed by atoms with E-state index in [1.54, 1.807) is 48.8 Å². The topological polar surface area (TPSA) is 96.0 Å². The van der Waals surface area contributed by atoms with Crippen LogP contribution in [0.2, 0.25) is 0 Å². The van der Waals surface area contributed by atoms with Gasteiger partial charge in [0.1, 0.15) is 5.03 Å². The van der Waals surface area contributed by atoms with Crippen molar-refractivity contribution in [2.75, 3.05) is 5.32 Å². The number of thioether (sulfide) groups is 1. The molecule has 4 rings (SSSR count). The third-order valence-electron chi connectivity index (χ3n) is 4.44. The molecule has 3 N–H and O–H groups in total. The summed E-state index contributed by atoms with van der Waals surface area (Å²) in [5.74, 6) is 0.181. The maximum atomic E-state index is 12.6. The first kappa shape index (κ1) is 20.4. The second kappa shape index (κ2) is 9.73. The minimum Gasteiger partial charge on any atom is -0.307 e. The van der Waals surface area contributed by atoms with Crippen molar-refractivity contribution in [1.82, 2.24) is 20.8 Å². The van der Waals surface area contributed by atoms with Gasteiger partial charge in [-0.2, -0.15) is 0 Å². The third-order valence-corrected chi connectivity index (χ3v) is 5.49. The van der Waals surface area contributed by atoms with Gasteiger partial charge in [-0.05, 0) is 42.0 Å². The van der Waals surface area contributed by atoms with E-state index in [1.807, 2.05) is 36.4 Å². The molecule has 3 amide bonds. The summed E-state index contributed by atoms with van der Waals surface area (Å²) >= 11 is 1.45. The van der Waals surface area contributed by atoms with Gasteiger partial charge in [-0.25, -0.2) is 15.2 Å². The first-order valence-corrected chi connectivity index (χ1v) is 10.5. The minimum atomic E-state index is -0.541. The highest BCUT2D eigenvalue weighted by Gasteiger charge is 2.14. The summed E-state index contributed by atoms with van der Waals surface area (Å²) in [6, 6.07) is 21.7. The molecule has 0 unspecified atom stereocenters. The zero-order valence-electron chi connectivity index (χ0n) is 16.4. The van der Waals surface area contributed by atoms with E-state index in [0.717, 1.165) is 16.5 Å². The molecule has 0 saturated carbocycles. The highest BCUT2D eigenvalue weighted by Crippen LogP contribution is 2.27. The Morgan fingerprint density at radius 2 is 1.61 bits per heavy atom. The molecule has 0 aliphatic carbocycles. The molecule has 0 aliphatic rings. The number of anilines is 1. The fourth-order valence-corrected chi connectivity index (χ4v) is 3.97. The molecule has 4 aromatic rings. The highest BCUT2D eigenvalue weighted by molar-refractivity contribution is 7.98. The number of hydrogen-bond donors (Lipinski definition) is 3. The molecule has 0 saturated heterocycles. The number of carbonyl (C=O) groups is 2. The van der Waals surface area contributed by atoms with Crippen LogP contribution in [0, 0.1) is 0 Å². The molecule has 154 valence electrons. The van der Waals surface area contributed by atoms with Gasteiger partial charge in [0.15, 0.2) is 0 Å². The van der Waals surface area contributed by atoms with Crippen LogP contribution in [0.15, 0.2) is 90.2 Å². The van der Waals surface area contributed by atoms with Crippen LogP contribution in [0.5, 0.6) is 0 Å². The molecule has 2 aromatic heterocycles. The zero-order chi connectivity index (χ0) is 21.5. The van der Waals surface area contributed by atoms with Gasteiger partial charge >= 0.3 is 6.03 Å². The lowest BCUT2D eigenvalue weighted by atomic mass is 10.1. The monoisotopic (exact) mass is 429 g/mol. The SMILES string of the molecule is O=C(NNC(=O)c1cccnc1SCc1ccnc2ccccc12)Nc1ccccc1. The van der Waals surface area contributed by atoms with E-state index in [2.05, 4.69) is 26.1 Å². The Balaban J connectivity index is 1.40. The summed E-state index contributed by atoms with van der Waals surface area (Å²) in [5, 5.41) is 4.28. The maximum absolute atomic E-state index is 12.6. The van der Waals surface area contributed by atoms with Gasteiger partial charge in [0.05, 0.1) is 11.1 Å². The van der Waals surface area contributed by atoms with Crippen molar-refractivity contribution in [2.24, 2.45) is 0 Å². The number of fused-ring (bicyclic) bond motifs is 1. The fraction of sp³-hybridized carbons (Fsp3) is 0.0435. The number of nitrogens with zero attached hydrogens (tertiary/aromatic N) is 2. The number of carbonyl (C=O) groups excluding carboxylic acids is 2. The molecule has 2 heterocycles. The van der Waals surface area contributed by atoms with E-state index in [1.165, 1.54) is 11.8 Å². The molecule has 7 nitrogen and oxygen atoms in total. The van der Waals surface area contributed by atoms with Gasteiger partial charge in [0.2, 0.25) is 0 Å². The van der Waals surface area contributed by atoms with Crippen molar-refractivity contribution in [3.63, 3.8) is 0 Å². The predicted octanol–water partition coefficient (Wildman–Crippen LogP) is 4.39. The van der Waals surface area contributed by atoms with Crippen molar-refractivity contribution in [1.29, 1.82) is 0 Å². The summed E-state index contributed by atoms with van der Waals surface area (Å²) in [7, 11) is 0. The quantitative estimate of drug-likeness (QED) is 0.323. The number of pyridine rings is 2. The van der Waals surface area contributed by atoms with Crippen LogP contribution in [0.3, 0.4) is 0 Å². The van der Waals surface area contributed by atoms with E-state index in [0.29, 0.717) is 22.0 Å². The lowest BCUT2D eigenvalue weighted by Crippen LogP contribution is -2.44. The molecule has 31 heavy (non-hydrogen) atoms. The number of benzene rings is 2. The summed E-state index contributed by atoms with van der Waals surface area (Å²) in [6.45, 7) is 0. The molecule has 0 radical (unpaired) electrons. The molecule has 0 spiro atoms. The van der Waals surface area contributed by atoms with Gasteiger partial charge in [-0.15, -0.1) is 11.8 Å². The van der Waals surface area contributed by atoms with Crippen LogP contribution in [-0.4, -0.2) is 21.9 Å². The zero-order valence-corrected chi connectivity index (χ0v) is 17.2. The van der Waals surface area contributed by atoms with Crippen LogP contribution in [-0.2, 0) is 5.75 Å². The molecule has 0 aliphatic heterocycles. The smallest absolute Gasteiger partial charge is 0.307 e. The van der Waals surface area contributed by atoms with Crippen molar-refractivity contribution >= 4 is 40.3 Å². The Hall–Kier alpha value is -3.91. The highest BCUT2D eigenvalue weighted by atomic mass is 32.2. The van der Waals surface area contributed by atoms with Gasteiger partial charge in [0.25, 0.3) is 5.91 Å². The first-order valence-electron chi connectivity index (χ1n) is 9.53. The minimum absolute atomic E-state index is 0.380. The van der Waals surface area contributed by atoms with Gasteiger partial charge in [0, 0.05) is 29.2 Å². The summed E-state index contributed by atoms with van der Waals surface area (Å²) in [5.41, 5.74) is 7.81. The van der Waals surface area contributed by atoms with Crippen LogP contribution >= 0.6 is 11.8 Å². The molecular weight excluding hydrogens is 410 g/mol. The Kier molecular flexibility index (Phi) is 6.39. The summed E-state index contributed by atoms with van der Waals surface area (Å²) in [4.78, 5) is 33.4. The van der Waals surface area contributed by atoms with E-state index in [4.69, 9.17) is 0 Å². The summed E-state index contributed by atoms with van der Waals surface area (Å²) < 4.78 is 0. The third kappa shape index (κ3) is 5.18. The number of urea groups is 1. The number of rotatable bonds is 5.